The topological polar surface area (TPSA) is 34.5 Å². The number of aromatic amines is 1. The SMILES string of the molecule is CC(=O)c1c(N2CCCCC2)[nH+]c2ccc(Br)cc2c1-c1ccccc1. The maximum Gasteiger partial charge on any atom is 0.286 e. The molecule has 1 saturated heterocycles. The number of rotatable bonds is 3. The second-order valence-corrected chi connectivity index (χ2v) is 7.80. The van der Waals surface area contributed by atoms with Crippen LogP contribution in [0.15, 0.2) is 53.0 Å². The summed E-state index contributed by atoms with van der Waals surface area (Å²) in [4.78, 5) is 18.7. The van der Waals surface area contributed by atoms with Crippen LogP contribution in [0.4, 0.5) is 5.82 Å². The molecule has 0 saturated carbocycles. The summed E-state index contributed by atoms with van der Waals surface area (Å²) >= 11 is 3.59. The number of hydrogen-bond donors (Lipinski definition) is 0. The van der Waals surface area contributed by atoms with E-state index in [1.54, 1.807) is 6.92 Å². The molecule has 0 aliphatic carbocycles. The third-order valence-corrected chi connectivity index (χ3v) is 5.57. The summed E-state index contributed by atoms with van der Waals surface area (Å²) in [6.07, 6.45) is 3.60. The summed E-state index contributed by atoms with van der Waals surface area (Å²) in [5.74, 6) is 1.06. The van der Waals surface area contributed by atoms with Crippen LogP contribution in [0, 0.1) is 0 Å². The number of piperidine rings is 1. The van der Waals surface area contributed by atoms with Crippen molar-refractivity contribution in [2.24, 2.45) is 0 Å². The average molecular weight is 410 g/mol. The normalized spacial score (nSPS) is 14.6. The van der Waals surface area contributed by atoms with Crippen molar-refractivity contribution in [2.75, 3.05) is 18.0 Å². The number of anilines is 1. The van der Waals surface area contributed by atoms with Gasteiger partial charge in [-0.05, 0) is 49.9 Å². The van der Waals surface area contributed by atoms with Crippen LogP contribution >= 0.6 is 15.9 Å². The lowest BCUT2D eigenvalue weighted by Crippen LogP contribution is -2.36. The van der Waals surface area contributed by atoms with Crippen LogP contribution in [-0.4, -0.2) is 18.9 Å². The predicted octanol–water partition coefficient (Wildman–Crippen LogP) is 5.28. The Morgan fingerprint density at radius 1 is 1.04 bits per heavy atom. The molecule has 3 aromatic rings. The van der Waals surface area contributed by atoms with E-state index in [4.69, 9.17) is 0 Å². The Kier molecular flexibility index (Phi) is 4.77. The minimum absolute atomic E-state index is 0.0996. The zero-order valence-corrected chi connectivity index (χ0v) is 16.5. The molecule has 0 radical (unpaired) electrons. The smallest absolute Gasteiger partial charge is 0.286 e. The monoisotopic (exact) mass is 409 g/mol. The number of benzene rings is 2. The Morgan fingerprint density at radius 3 is 2.46 bits per heavy atom. The molecule has 0 bridgehead atoms. The highest BCUT2D eigenvalue weighted by Gasteiger charge is 2.29. The fourth-order valence-corrected chi connectivity index (χ4v) is 4.24. The summed E-state index contributed by atoms with van der Waals surface area (Å²) < 4.78 is 1.01. The lowest BCUT2D eigenvalue weighted by Gasteiger charge is -2.24. The molecule has 3 nitrogen and oxygen atoms in total. The fraction of sp³-hybridized carbons (Fsp3) is 0.273. The molecule has 1 aliphatic heterocycles. The average Bonchev–Trinajstić information content (AvgIpc) is 2.67. The Bertz CT molecular complexity index is 963. The van der Waals surface area contributed by atoms with Crippen molar-refractivity contribution < 1.29 is 9.78 Å². The van der Waals surface area contributed by atoms with Crippen LogP contribution < -0.4 is 9.88 Å². The first-order valence-electron chi connectivity index (χ1n) is 9.15. The van der Waals surface area contributed by atoms with Gasteiger partial charge < -0.3 is 0 Å². The highest BCUT2D eigenvalue weighted by Crippen LogP contribution is 2.36. The highest BCUT2D eigenvalue weighted by atomic mass is 79.9. The van der Waals surface area contributed by atoms with Crippen LogP contribution in [0.2, 0.25) is 0 Å². The number of nitrogens with one attached hydrogen (secondary N) is 1. The van der Waals surface area contributed by atoms with Gasteiger partial charge in [0.25, 0.3) is 5.82 Å². The Labute approximate surface area is 162 Å². The van der Waals surface area contributed by atoms with Crippen LogP contribution in [-0.2, 0) is 0 Å². The van der Waals surface area contributed by atoms with E-state index in [1.165, 1.54) is 19.3 Å². The summed E-state index contributed by atoms with van der Waals surface area (Å²) in [7, 11) is 0. The predicted molar refractivity (Wildman–Crippen MR) is 110 cm³/mol. The van der Waals surface area contributed by atoms with Crippen molar-refractivity contribution in [3.8, 4) is 11.1 Å². The highest BCUT2D eigenvalue weighted by molar-refractivity contribution is 9.10. The number of H-pyrrole nitrogens is 1. The lowest BCUT2D eigenvalue weighted by atomic mass is 9.93. The molecule has 1 N–H and O–H groups in total. The van der Waals surface area contributed by atoms with Crippen LogP contribution in [0.1, 0.15) is 36.5 Å². The lowest BCUT2D eigenvalue weighted by molar-refractivity contribution is -0.330. The summed E-state index contributed by atoms with van der Waals surface area (Å²) in [6, 6.07) is 16.5. The number of Topliss-reactive ketones (excluding diaryl/α,β-unsaturated/α-hetero) is 1. The molecule has 26 heavy (non-hydrogen) atoms. The minimum Gasteiger partial charge on any atom is -0.294 e. The fourth-order valence-electron chi connectivity index (χ4n) is 3.88. The van der Waals surface area contributed by atoms with Crippen molar-refractivity contribution in [1.29, 1.82) is 0 Å². The van der Waals surface area contributed by atoms with Crippen molar-refractivity contribution in [1.82, 2.24) is 0 Å². The molecular formula is C22H22BrN2O+. The summed E-state index contributed by atoms with van der Waals surface area (Å²) in [5, 5.41) is 1.07. The van der Waals surface area contributed by atoms with Gasteiger partial charge in [-0.3, -0.25) is 9.69 Å². The number of pyridine rings is 1. The zero-order chi connectivity index (χ0) is 18.1. The van der Waals surface area contributed by atoms with Gasteiger partial charge in [0, 0.05) is 15.4 Å². The molecule has 1 fully saturated rings. The number of fused-ring (bicyclic) bond motifs is 1. The summed E-state index contributed by atoms with van der Waals surface area (Å²) in [6.45, 7) is 3.66. The number of hydrogen-bond acceptors (Lipinski definition) is 2. The molecule has 132 valence electrons. The minimum atomic E-state index is 0.0996. The van der Waals surface area contributed by atoms with Crippen LogP contribution in [0.3, 0.4) is 0 Å². The van der Waals surface area contributed by atoms with E-state index in [9.17, 15) is 4.79 Å². The maximum atomic E-state index is 12.8. The van der Waals surface area contributed by atoms with E-state index in [1.807, 2.05) is 24.3 Å². The number of nitrogens with zero attached hydrogens (tertiary/aromatic N) is 1. The van der Waals surface area contributed by atoms with E-state index < -0.39 is 0 Å². The van der Waals surface area contributed by atoms with Gasteiger partial charge in [0.05, 0.1) is 13.1 Å². The van der Waals surface area contributed by atoms with E-state index in [2.05, 4.69) is 50.1 Å². The number of halogens is 1. The molecule has 4 rings (SSSR count). The van der Waals surface area contributed by atoms with Crippen molar-refractivity contribution >= 4 is 38.4 Å². The molecule has 2 heterocycles. The van der Waals surface area contributed by atoms with Gasteiger partial charge in [-0.1, -0.05) is 46.3 Å². The number of aromatic nitrogens is 1. The quantitative estimate of drug-likeness (QED) is 0.551. The van der Waals surface area contributed by atoms with Gasteiger partial charge in [0.15, 0.2) is 5.78 Å². The molecule has 1 aromatic heterocycles. The second kappa shape index (κ2) is 7.20. The largest absolute Gasteiger partial charge is 0.294 e. The molecule has 0 atom stereocenters. The van der Waals surface area contributed by atoms with Gasteiger partial charge in [-0.2, -0.15) is 0 Å². The molecule has 0 spiro atoms. The van der Waals surface area contributed by atoms with E-state index in [-0.39, 0.29) is 5.78 Å². The van der Waals surface area contributed by atoms with Crippen LogP contribution in [0.5, 0.6) is 0 Å². The molecule has 0 unspecified atom stereocenters. The third kappa shape index (κ3) is 3.14. The molecular weight excluding hydrogens is 388 g/mol. The van der Waals surface area contributed by atoms with E-state index >= 15 is 0 Å². The number of ketones is 1. The van der Waals surface area contributed by atoms with Crippen molar-refractivity contribution in [2.45, 2.75) is 26.2 Å². The standard InChI is InChI=1S/C22H21BrN2O/c1-15(26)20-21(16-8-4-2-5-9-16)18-14-17(23)10-11-19(18)24-22(20)25-12-6-3-7-13-25/h2,4-5,8-11,14H,3,6-7,12-13H2,1H3/p+1. The van der Waals surface area contributed by atoms with E-state index in [0.717, 1.165) is 51.0 Å². The van der Waals surface area contributed by atoms with Crippen molar-refractivity contribution in [3.63, 3.8) is 0 Å². The Morgan fingerprint density at radius 2 is 1.77 bits per heavy atom. The van der Waals surface area contributed by atoms with Gasteiger partial charge in [0.2, 0.25) is 0 Å². The Balaban J connectivity index is 2.07. The molecule has 4 heteroatoms. The zero-order valence-electron chi connectivity index (χ0n) is 14.9. The van der Waals surface area contributed by atoms with Gasteiger partial charge in [0.1, 0.15) is 11.1 Å². The molecule has 1 aliphatic rings. The maximum absolute atomic E-state index is 12.8. The van der Waals surface area contributed by atoms with Gasteiger partial charge in [-0.25, -0.2) is 4.98 Å². The van der Waals surface area contributed by atoms with E-state index in [0.29, 0.717) is 0 Å². The van der Waals surface area contributed by atoms with Gasteiger partial charge >= 0.3 is 0 Å². The Hall–Kier alpha value is -2.20. The first-order valence-corrected chi connectivity index (χ1v) is 9.94. The molecule has 0 amide bonds. The first kappa shape index (κ1) is 17.2. The third-order valence-electron chi connectivity index (χ3n) is 5.08. The van der Waals surface area contributed by atoms with Crippen molar-refractivity contribution in [3.05, 3.63) is 58.6 Å². The van der Waals surface area contributed by atoms with Gasteiger partial charge in [-0.15, -0.1) is 0 Å². The number of carbonyl (C=O) groups excluding carboxylic acids is 1. The molecule has 2 aromatic carbocycles. The first-order chi connectivity index (χ1) is 12.6. The number of carbonyl (C=O) groups is 1. The van der Waals surface area contributed by atoms with Crippen LogP contribution in [0.25, 0.3) is 22.0 Å². The second-order valence-electron chi connectivity index (χ2n) is 6.88. The summed E-state index contributed by atoms with van der Waals surface area (Å²) in [5.41, 5.74) is 3.95.